The summed E-state index contributed by atoms with van der Waals surface area (Å²) in [5.74, 6) is 0.437. The minimum atomic E-state index is -3.66. The third-order valence-corrected chi connectivity index (χ3v) is 6.47. The van der Waals surface area contributed by atoms with Crippen LogP contribution in [0, 0.1) is 0 Å². The predicted octanol–water partition coefficient (Wildman–Crippen LogP) is 2.56. The summed E-state index contributed by atoms with van der Waals surface area (Å²) >= 11 is 6.12. The smallest absolute Gasteiger partial charge is 0.253 e. The van der Waals surface area contributed by atoms with E-state index in [4.69, 9.17) is 11.6 Å². The zero-order valence-corrected chi connectivity index (χ0v) is 17.2. The molecule has 9 heteroatoms. The van der Waals surface area contributed by atoms with E-state index in [1.54, 1.807) is 6.20 Å². The lowest BCUT2D eigenvalue weighted by Crippen LogP contribution is -2.32. The topological polar surface area (TPSA) is 91.4 Å². The quantitative estimate of drug-likeness (QED) is 0.746. The highest BCUT2D eigenvalue weighted by Crippen LogP contribution is 2.23. The Labute approximate surface area is 170 Å². The van der Waals surface area contributed by atoms with Gasteiger partial charge in [-0.15, -0.1) is 0 Å². The molecule has 0 unspecified atom stereocenters. The van der Waals surface area contributed by atoms with Gasteiger partial charge in [0.25, 0.3) is 5.91 Å². The van der Waals surface area contributed by atoms with Crippen molar-refractivity contribution in [3.8, 4) is 0 Å². The molecule has 0 saturated carbocycles. The molecular formula is C19H23ClN4O3S. The largest absolute Gasteiger partial charge is 0.356 e. The van der Waals surface area contributed by atoms with E-state index in [0.29, 0.717) is 0 Å². The molecule has 0 aliphatic carbocycles. The van der Waals surface area contributed by atoms with Gasteiger partial charge in [0, 0.05) is 31.4 Å². The van der Waals surface area contributed by atoms with Crippen LogP contribution in [0.15, 0.2) is 41.4 Å². The van der Waals surface area contributed by atoms with Gasteiger partial charge in [-0.3, -0.25) is 4.79 Å². The molecule has 0 bridgehead atoms. The van der Waals surface area contributed by atoms with E-state index in [9.17, 15) is 13.2 Å². The number of pyridine rings is 1. The van der Waals surface area contributed by atoms with Gasteiger partial charge < -0.3 is 10.2 Å². The Hall–Kier alpha value is -2.16. The first kappa shape index (κ1) is 20.6. The molecule has 2 aromatic rings. The second-order valence-corrected chi connectivity index (χ2v) is 8.86. The van der Waals surface area contributed by atoms with Crippen molar-refractivity contribution in [1.29, 1.82) is 0 Å². The molecule has 2 N–H and O–H groups in total. The van der Waals surface area contributed by atoms with Crippen molar-refractivity contribution in [1.82, 2.24) is 15.0 Å². The number of anilines is 1. The van der Waals surface area contributed by atoms with Gasteiger partial charge in [-0.05, 0) is 50.6 Å². The van der Waals surface area contributed by atoms with Gasteiger partial charge in [-0.25, -0.2) is 18.1 Å². The van der Waals surface area contributed by atoms with E-state index in [0.717, 1.165) is 37.3 Å². The summed E-state index contributed by atoms with van der Waals surface area (Å²) < 4.78 is 26.2. The van der Waals surface area contributed by atoms with Gasteiger partial charge in [-0.1, -0.05) is 17.7 Å². The maximum atomic E-state index is 12.6. The van der Waals surface area contributed by atoms with Crippen LogP contribution in [0.25, 0.3) is 0 Å². The van der Waals surface area contributed by atoms with Crippen LogP contribution in [0.1, 0.15) is 35.2 Å². The fourth-order valence-electron chi connectivity index (χ4n) is 3.19. The highest BCUT2D eigenvalue weighted by atomic mass is 35.5. The summed E-state index contributed by atoms with van der Waals surface area (Å²) in [6.07, 6.45) is 5.23. The van der Waals surface area contributed by atoms with Gasteiger partial charge >= 0.3 is 0 Å². The van der Waals surface area contributed by atoms with Crippen molar-refractivity contribution in [2.45, 2.75) is 30.7 Å². The van der Waals surface area contributed by atoms with Crippen molar-refractivity contribution in [2.75, 3.05) is 25.0 Å². The lowest BCUT2D eigenvalue weighted by Gasteiger charge is -2.29. The molecule has 0 radical (unpaired) electrons. The van der Waals surface area contributed by atoms with E-state index in [1.165, 1.54) is 31.7 Å². The first-order chi connectivity index (χ1) is 13.4. The molecule has 1 aromatic carbocycles. The first-order valence-corrected chi connectivity index (χ1v) is 11.0. The third kappa shape index (κ3) is 4.63. The fraction of sp³-hybridized carbons (Fsp3) is 0.368. The Morgan fingerprint density at radius 3 is 2.68 bits per heavy atom. The Balaban J connectivity index is 1.77. The summed E-state index contributed by atoms with van der Waals surface area (Å²) in [7, 11) is -2.35. The van der Waals surface area contributed by atoms with Gasteiger partial charge in [0.2, 0.25) is 10.0 Å². The van der Waals surface area contributed by atoms with Crippen LogP contribution < -0.4 is 14.9 Å². The number of hydrogen-bond donors (Lipinski definition) is 2. The second-order valence-electron chi connectivity index (χ2n) is 6.57. The number of nitrogens with zero attached hydrogens (tertiary/aromatic N) is 2. The molecule has 1 saturated heterocycles. The van der Waals surface area contributed by atoms with Crippen molar-refractivity contribution < 1.29 is 13.2 Å². The molecule has 2 heterocycles. The monoisotopic (exact) mass is 422 g/mol. The van der Waals surface area contributed by atoms with E-state index in [-0.39, 0.29) is 22.0 Å². The second kappa shape index (κ2) is 8.89. The van der Waals surface area contributed by atoms with Crippen LogP contribution in [-0.4, -0.2) is 39.4 Å². The number of halogens is 1. The minimum Gasteiger partial charge on any atom is -0.356 e. The summed E-state index contributed by atoms with van der Waals surface area (Å²) in [6, 6.07) is 7.81. The number of amides is 1. The number of nitrogens with one attached hydrogen (secondary N) is 2. The standard InChI is InChI=1S/C19H23ClN4O3S/c1-21-28(26,27)15-7-8-17(20)16(12-15)19(25)23-13-14-6-5-9-22-18(14)24-10-3-2-4-11-24/h5-9,12,21H,2-4,10-11,13H2,1H3,(H,23,25). The van der Waals surface area contributed by atoms with Crippen molar-refractivity contribution in [2.24, 2.45) is 0 Å². The minimum absolute atomic E-state index is 0.0140. The maximum Gasteiger partial charge on any atom is 0.253 e. The molecule has 1 fully saturated rings. The molecule has 1 aliphatic heterocycles. The number of piperidine rings is 1. The zero-order chi connectivity index (χ0) is 20.1. The number of hydrogen-bond acceptors (Lipinski definition) is 5. The molecule has 1 aromatic heterocycles. The average molecular weight is 423 g/mol. The summed E-state index contributed by atoms with van der Waals surface area (Å²) in [6.45, 7) is 2.18. The molecule has 150 valence electrons. The van der Waals surface area contributed by atoms with Crippen LogP contribution in [0.5, 0.6) is 0 Å². The molecule has 3 rings (SSSR count). The van der Waals surface area contributed by atoms with Gasteiger partial charge in [-0.2, -0.15) is 0 Å². The number of carbonyl (C=O) groups excluding carboxylic acids is 1. The highest BCUT2D eigenvalue weighted by molar-refractivity contribution is 7.89. The average Bonchev–Trinajstić information content (AvgIpc) is 2.73. The normalized spacial score (nSPS) is 14.7. The van der Waals surface area contributed by atoms with Crippen molar-refractivity contribution in [3.63, 3.8) is 0 Å². The summed E-state index contributed by atoms with van der Waals surface area (Å²) in [5.41, 5.74) is 1.02. The zero-order valence-electron chi connectivity index (χ0n) is 15.6. The summed E-state index contributed by atoms with van der Waals surface area (Å²) in [5, 5.41) is 3.02. The number of rotatable bonds is 6. The van der Waals surface area contributed by atoms with Crippen LogP contribution in [0.2, 0.25) is 5.02 Å². The fourth-order valence-corrected chi connectivity index (χ4v) is 4.15. The molecule has 0 spiro atoms. The van der Waals surface area contributed by atoms with E-state index in [2.05, 4.69) is 19.9 Å². The molecule has 28 heavy (non-hydrogen) atoms. The van der Waals surface area contributed by atoms with E-state index in [1.807, 2.05) is 12.1 Å². The van der Waals surface area contributed by atoms with E-state index >= 15 is 0 Å². The van der Waals surface area contributed by atoms with Crippen LogP contribution in [0.4, 0.5) is 5.82 Å². The van der Waals surface area contributed by atoms with E-state index < -0.39 is 15.9 Å². The van der Waals surface area contributed by atoms with Crippen molar-refractivity contribution in [3.05, 3.63) is 52.7 Å². The SMILES string of the molecule is CNS(=O)(=O)c1ccc(Cl)c(C(=O)NCc2cccnc2N2CCCCC2)c1. The lowest BCUT2D eigenvalue weighted by molar-refractivity contribution is 0.0951. The van der Waals surface area contributed by atoms with Gasteiger partial charge in [0.1, 0.15) is 5.82 Å². The number of sulfonamides is 1. The molecule has 1 aliphatic rings. The Morgan fingerprint density at radius 1 is 1.21 bits per heavy atom. The number of carbonyl (C=O) groups is 1. The van der Waals surface area contributed by atoms with Crippen LogP contribution in [0.3, 0.4) is 0 Å². The molecule has 1 amide bonds. The number of aromatic nitrogens is 1. The molecule has 7 nitrogen and oxygen atoms in total. The van der Waals surface area contributed by atoms with Crippen LogP contribution >= 0.6 is 11.6 Å². The molecular weight excluding hydrogens is 400 g/mol. The Morgan fingerprint density at radius 2 is 1.96 bits per heavy atom. The highest BCUT2D eigenvalue weighted by Gasteiger charge is 2.19. The summed E-state index contributed by atoms with van der Waals surface area (Å²) in [4.78, 5) is 19.4. The van der Waals surface area contributed by atoms with Crippen molar-refractivity contribution >= 4 is 33.3 Å². The van der Waals surface area contributed by atoms with Crippen LogP contribution in [-0.2, 0) is 16.6 Å². The first-order valence-electron chi connectivity index (χ1n) is 9.12. The Kier molecular flexibility index (Phi) is 6.53. The maximum absolute atomic E-state index is 12.6. The number of benzene rings is 1. The third-order valence-electron chi connectivity index (χ3n) is 4.72. The predicted molar refractivity (Wildman–Crippen MR) is 109 cm³/mol. The molecule has 0 atom stereocenters. The lowest BCUT2D eigenvalue weighted by atomic mass is 10.1. The van der Waals surface area contributed by atoms with Gasteiger partial charge in [0.15, 0.2) is 0 Å². The Bertz CT molecular complexity index is 959. The van der Waals surface area contributed by atoms with Gasteiger partial charge in [0.05, 0.1) is 15.5 Å².